The van der Waals surface area contributed by atoms with Crippen LogP contribution in [0.3, 0.4) is 0 Å². The molecular weight excluding hydrogens is 434 g/mol. The van der Waals surface area contributed by atoms with Crippen LogP contribution in [-0.2, 0) is 20.4 Å². The van der Waals surface area contributed by atoms with Gasteiger partial charge in [-0.05, 0) is 0 Å². The SMILES string of the molecule is [Cl-].[Cl-].[Cl-].[Cl-].[Cl-].[Cl-].[Cl-].[Re+7]. The Morgan fingerprint density at radius 3 is 0.250 bits per heavy atom. The normalized spacial score (nSPS) is 0. The Labute approximate surface area is 106 Å². The second-order valence-corrected chi connectivity index (χ2v) is 0. The fourth-order valence-electron chi connectivity index (χ4n) is 0. The van der Waals surface area contributed by atoms with E-state index in [4.69, 9.17) is 0 Å². The summed E-state index contributed by atoms with van der Waals surface area (Å²) in [4.78, 5) is 0. The molecule has 0 fully saturated rings. The van der Waals surface area contributed by atoms with Gasteiger partial charge in [-0.15, -0.1) is 0 Å². The Morgan fingerprint density at radius 1 is 0.250 bits per heavy atom. The molecule has 56 valence electrons. The minimum absolute atomic E-state index is 0. The van der Waals surface area contributed by atoms with Crippen LogP contribution in [0, 0.1) is 0 Å². The van der Waals surface area contributed by atoms with Crippen molar-refractivity contribution >= 4 is 0 Å². The molecule has 0 aromatic rings. The zero-order valence-electron chi connectivity index (χ0n) is 3.02. The third kappa shape index (κ3) is 71.0. The second-order valence-electron chi connectivity index (χ2n) is 0. The van der Waals surface area contributed by atoms with Gasteiger partial charge in [-0.1, -0.05) is 0 Å². The number of hydrogen-bond donors (Lipinski definition) is 0. The molecular formula is Cl7Re. The first-order valence-electron chi connectivity index (χ1n) is 0. The van der Waals surface area contributed by atoms with E-state index in [0.717, 1.165) is 0 Å². The molecule has 0 aliphatic rings. The summed E-state index contributed by atoms with van der Waals surface area (Å²) in [6.45, 7) is 0. The van der Waals surface area contributed by atoms with E-state index in [9.17, 15) is 0 Å². The first-order chi connectivity index (χ1) is 0. The fraction of sp³-hybridized carbons (Fsp3) is 0. The largest absolute Gasteiger partial charge is 7.00 e. The van der Waals surface area contributed by atoms with Crippen molar-refractivity contribution in [1.82, 2.24) is 0 Å². The van der Waals surface area contributed by atoms with Crippen LogP contribution in [0.25, 0.3) is 0 Å². The van der Waals surface area contributed by atoms with Gasteiger partial charge in [0.25, 0.3) is 0 Å². The third-order valence-corrected chi connectivity index (χ3v) is 0. The van der Waals surface area contributed by atoms with E-state index in [2.05, 4.69) is 0 Å². The van der Waals surface area contributed by atoms with Crippen LogP contribution >= 0.6 is 0 Å². The maximum Gasteiger partial charge on any atom is 7.00 e. The Morgan fingerprint density at radius 2 is 0.250 bits per heavy atom. The summed E-state index contributed by atoms with van der Waals surface area (Å²) in [7, 11) is 0. The molecule has 0 bridgehead atoms. The molecule has 0 spiro atoms. The predicted molar refractivity (Wildman–Crippen MR) is 0 cm³/mol. The molecule has 8 heavy (non-hydrogen) atoms. The van der Waals surface area contributed by atoms with Gasteiger partial charge in [0, 0.05) is 0 Å². The van der Waals surface area contributed by atoms with Crippen LogP contribution in [0.15, 0.2) is 0 Å². The predicted octanol–water partition coefficient (Wildman–Crippen LogP) is -21.0. The van der Waals surface area contributed by atoms with Gasteiger partial charge >= 0.3 is 20.4 Å². The van der Waals surface area contributed by atoms with Gasteiger partial charge in [0.05, 0.1) is 0 Å². The molecule has 0 rings (SSSR count). The van der Waals surface area contributed by atoms with Crippen LogP contribution < -0.4 is 86.8 Å². The van der Waals surface area contributed by atoms with Crippen LogP contribution in [0.4, 0.5) is 0 Å². The van der Waals surface area contributed by atoms with Crippen LogP contribution in [0.2, 0.25) is 0 Å². The van der Waals surface area contributed by atoms with Crippen molar-refractivity contribution in [1.29, 1.82) is 0 Å². The maximum absolute atomic E-state index is 0. The second kappa shape index (κ2) is 101. The zero-order valence-corrected chi connectivity index (χ0v) is 11.0. The van der Waals surface area contributed by atoms with Crippen molar-refractivity contribution in [2.75, 3.05) is 0 Å². The van der Waals surface area contributed by atoms with E-state index in [0.29, 0.717) is 0 Å². The molecule has 0 unspecified atom stereocenters. The topological polar surface area (TPSA) is 0 Å². The molecule has 0 aliphatic carbocycles. The standard InChI is InChI=1S/7ClH.Re/h7*1H;/q;;;;;;;+7/p-7. The third-order valence-electron chi connectivity index (χ3n) is 0. The molecule has 0 aromatic carbocycles. The molecule has 0 aromatic heterocycles. The fourth-order valence-corrected chi connectivity index (χ4v) is 0. The summed E-state index contributed by atoms with van der Waals surface area (Å²) in [6.07, 6.45) is 0. The Bertz CT molecular complexity index is 4.35. The van der Waals surface area contributed by atoms with Gasteiger partial charge < -0.3 is 86.8 Å². The zero-order chi connectivity index (χ0) is 0. The number of rotatable bonds is 0. The van der Waals surface area contributed by atoms with E-state index >= 15 is 0 Å². The minimum Gasteiger partial charge on any atom is -1.00 e. The molecule has 0 atom stereocenters. The van der Waals surface area contributed by atoms with Crippen molar-refractivity contribution in [3.05, 3.63) is 0 Å². The molecule has 0 amide bonds. The molecule has 0 nitrogen and oxygen atoms in total. The smallest absolute Gasteiger partial charge is 1.00 e. The molecule has 0 heterocycles. The van der Waals surface area contributed by atoms with E-state index in [1.807, 2.05) is 0 Å². The van der Waals surface area contributed by atoms with Crippen LogP contribution in [-0.4, -0.2) is 0 Å². The summed E-state index contributed by atoms with van der Waals surface area (Å²) >= 11 is 0. The van der Waals surface area contributed by atoms with Gasteiger partial charge in [0.1, 0.15) is 0 Å². The van der Waals surface area contributed by atoms with Crippen molar-refractivity contribution in [3.63, 3.8) is 0 Å². The summed E-state index contributed by atoms with van der Waals surface area (Å²) < 4.78 is 0. The first-order valence-corrected chi connectivity index (χ1v) is 0. The van der Waals surface area contributed by atoms with Crippen molar-refractivity contribution in [3.8, 4) is 0 Å². The summed E-state index contributed by atoms with van der Waals surface area (Å²) in [5.74, 6) is 0. The van der Waals surface area contributed by atoms with Gasteiger partial charge in [-0.25, -0.2) is 0 Å². The van der Waals surface area contributed by atoms with Gasteiger partial charge in [0.15, 0.2) is 0 Å². The monoisotopic (exact) mass is 432 g/mol. The average Bonchev–Trinajstić information content (AvgIpc) is 0. The number of halogens is 7. The average molecular weight is 434 g/mol. The van der Waals surface area contributed by atoms with E-state index in [1.165, 1.54) is 0 Å². The molecule has 0 aliphatic heterocycles. The van der Waals surface area contributed by atoms with Crippen LogP contribution in [0.1, 0.15) is 0 Å². The maximum atomic E-state index is 0. The summed E-state index contributed by atoms with van der Waals surface area (Å²) in [6, 6.07) is 0. The van der Waals surface area contributed by atoms with E-state index in [-0.39, 0.29) is 107 Å². The molecule has 0 saturated carbocycles. The van der Waals surface area contributed by atoms with Crippen molar-refractivity contribution < 1.29 is 107 Å². The Hall–Kier alpha value is 2.69. The van der Waals surface area contributed by atoms with Gasteiger partial charge in [-0.3, -0.25) is 0 Å². The van der Waals surface area contributed by atoms with Gasteiger partial charge in [0.2, 0.25) is 0 Å². The van der Waals surface area contributed by atoms with Crippen molar-refractivity contribution in [2.45, 2.75) is 0 Å². The molecule has 0 N–H and O–H groups in total. The summed E-state index contributed by atoms with van der Waals surface area (Å²) in [5, 5.41) is 0. The Kier molecular flexibility index (Phi) is 1750. The van der Waals surface area contributed by atoms with E-state index < -0.39 is 0 Å². The van der Waals surface area contributed by atoms with E-state index in [1.54, 1.807) is 0 Å². The molecule has 8 heteroatoms. The quantitative estimate of drug-likeness (QED) is 0.356. The first kappa shape index (κ1) is 139. The molecule has 0 radical (unpaired) electrons. The number of hydrogen-bond acceptors (Lipinski definition) is 0. The minimum atomic E-state index is 0. The van der Waals surface area contributed by atoms with Crippen molar-refractivity contribution in [2.24, 2.45) is 0 Å². The van der Waals surface area contributed by atoms with Crippen LogP contribution in [0.5, 0.6) is 0 Å². The molecule has 0 saturated heterocycles. The Balaban J connectivity index is 0. The van der Waals surface area contributed by atoms with Gasteiger partial charge in [-0.2, -0.15) is 0 Å². The summed E-state index contributed by atoms with van der Waals surface area (Å²) in [5.41, 5.74) is 0.